The van der Waals surface area contributed by atoms with Gasteiger partial charge in [-0.05, 0) is 67.1 Å². The van der Waals surface area contributed by atoms with Gasteiger partial charge in [0.15, 0.2) is 0 Å². The van der Waals surface area contributed by atoms with Gasteiger partial charge in [-0.3, -0.25) is 4.79 Å². The maximum absolute atomic E-state index is 13.5. The summed E-state index contributed by atoms with van der Waals surface area (Å²) in [6.45, 7) is 5.63. The molecule has 1 aromatic heterocycles. The van der Waals surface area contributed by atoms with E-state index in [1.807, 2.05) is 25.3 Å². The van der Waals surface area contributed by atoms with Crippen LogP contribution in [0.4, 0.5) is 28.0 Å². The smallest absolute Gasteiger partial charge is 0.332 e. The van der Waals surface area contributed by atoms with Crippen molar-refractivity contribution in [3.05, 3.63) is 87.4 Å². The van der Waals surface area contributed by atoms with Crippen molar-refractivity contribution in [2.75, 3.05) is 11.9 Å². The third kappa shape index (κ3) is 7.55. The van der Waals surface area contributed by atoms with Crippen LogP contribution in [0.15, 0.2) is 60.0 Å². The number of thiophene rings is 1. The number of para-hydroxylation sites is 1. The lowest BCUT2D eigenvalue weighted by Crippen LogP contribution is -2.48. The molecule has 1 heterocycles. The van der Waals surface area contributed by atoms with Crippen LogP contribution < -0.4 is 5.32 Å². The summed E-state index contributed by atoms with van der Waals surface area (Å²) in [6, 6.07) is 11.2. The highest BCUT2D eigenvalue weighted by atomic mass is 32.1. The predicted octanol–water partition coefficient (Wildman–Crippen LogP) is 7.08. The zero-order valence-electron chi connectivity index (χ0n) is 20.8. The number of carbonyl (C=O) groups excluding carboxylic acids is 2. The number of hydrogen-bond acceptors (Lipinski definition) is 3. The Hall–Kier alpha value is -3.40. The Balaban J connectivity index is 1.84. The Morgan fingerprint density at radius 1 is 1.03 bits per heavy atom. The second-order valence-corrected chi connectivity index (χ2v) is 9.76. The molecule has 3 amide bonds. The number of urea groups is 1. The first-order valence-electron chi connectivity index (χ1n) is 11.8. The molecule has 1 unspecified atom stereocenters. The molecule has 1 atom stereocenters. The summed E-state index contributed by atoms with van der Waals surface area (Å²) in [5.74, 6) is -0.772. The summed E-state index contributed by atoms with van der Waals surface area (Å²) in [7, 11) is 0. The van der Waals surface area contributed by atoms with Crippen molar-refractivity contribution in [2.45, 2.75) is 52.5 Å². The van der Waals surface area contributed by atoms with Crippen LogP contribution in [-0.4, -0.2) is 34.3 Å². The van der Waals surface area contributed by atoms with Crippen molar-refractivity contribution in [1.29, 1.82) is 0 Å². The van der Waals surface area contributed by atoms with Gasteiger partial charge in [0.2, 0.25) is 5.91 Å². The first kappa shape index (κ1) is 28.2. The van der Waals surface area contributed by atoms with Crippen molar-refractivity contribution >= 4 is 29.0 Å². The molecule has 0 bridgehead atoms. The standard InChI is InChI=1S/C27H29F4N3O2S/c1-4-19(3)34(26(36)32-23-8-6-5-7-22(23)27(29,30)31)17-25(35)33(16-24-18(2)13-14-37-24)15-20-9-11-21(28)12-10-20/h5-14,19H,4,15-17H2,1-3H3,(H,32,36). The Kier molecular flexibility index (Phi) is 9.31. The van der Waals surface area contributed by atoms with Gasteiger partial charge in [0.25, 0.3) is 0 Å². The molecule has 0 fully saturated rings. The van der Waals surface area contributed by atoms with Crippen molar-refractivity contribution in [3.63, 3.8) is 0 Å². The molecule has 198 valence electrons. The van der Waals surface area contributed by atoms with Crippen molar-refractivity contribution in [2.24, 2.45) is 0 Å². The summed E-state index contributed by atoms with van der Waals surface area (Å²) in [6.07, 6.45) is -4.16. The zero-order chi connectivity index (χ0) is 27.2. The van der Waals surface area contributed by atoms with Crippen molar-refractivity contribution in [1.82, 2.24) is 9.80 Å². The fraction of sp³-hybridized carbons (Fsp3) is 0.333. The first-order chi connectivity index (χ1) is 17.5. The number of amides is 3. The van der Waals surface area contributed by atoms with Crippen molar-refractivity contribution in [3.8, 4) is 0 Å². The minimum absolute atomic E-state index is 0.184. The first-order valence-corrected chi connectivity index (χ1v) is 12.7. The van der Waals surface area contributed by atoms with Crippen molar-refractivity contribution < 1.29 is 27.2 Å². The highest BCUT2D eigenvalue weighted by molar-refractivity contribution is 7.10. The molecule has 2 aromatic carbocycles. The van der Waals surface area contributed by atoms with E-state index in [1.54, 1.807) is 24.0 Å². The monoisotopic (exact) mass is 535 g/mol. The third-order valence-electron chi connectivity index (χ3n) is 6.11. The van der Waals surface area contributed by atoms with Crippen LogP contribution >= 0.6 is 11.3 Å². The Bertz CT molecular complexity index is 1210. The topological polar surface area (TPSA) is 52.7 Å². The Morgan fingerprint density at radius 3 is 2.30 bits per heavy atom. The Labute approximate surface area is 217 Å². The zero-order valence-corrected chi connectivity index (χ0v) is 21.6. The summed E-state index contributed by atoms with van der Waals surface area (Å²) < 4.78 is 53.7. The summed E-state index contributed by atoms with van der Waals surface area (Å²) >= 11 is 1.50. The highest BCUT2D eigenvalue weighted by Crippen LogP contribution is 2.34. The number of rotatable bonds is 9. The fourth-order valence-corrected chi connectivity index (χ4v) is 4.62. The number of nitrogens with zero attached hydrogens (tertiary/aromatic N) is 2. The quantitative estimate of drug-likeness (QED) is 0.298. The average Bonchev–Trinajstić information content (AvgIpc) is 3.26. The average molecular weight is 536 g/mol. The normalized spacial score (nSPS) is 12.2. The molecule has 37 heavy (non-hydrogen) atoms. The molecule has 0 aliphatic heterocycles. The summed E-state index contributed by atoms with van der Waals surface area (Å²) in [5, 5.41) is 4.26. The van der Waals surface area contributed by atoms with Gasteiger partial charge in [-0.1, -0.05) is 31.2 Å². The number of alkyl halides is 3. The molecular weight excluding hydrogens is 506 g/mol. The Morgan fingerprint density at radius 2 is 1.70 bits per heavy atom. The fourth-order valence-electron chi connectivity index (χ4n) is 3.70. The summed E-state index contributed by atoms with van der Waals surface area (Å²) in [5.41, 5.74) is 0.382. The lowest BCUT2D eigenvalue weighted by atomic mass is 10.1. The van der Waals surface area contributed by atoms with E-state index < -0.39 is 29.6 Å². The minimum Gasteiger partial charge on any atom is -0.332 e. The molecule has 0 saturated carbocycles. The van der Waals surface area contributed by atoms with Gasteiger partial charge in [0.1, 0.15) is 12.4 Å². The van der Waals surface area contributed by atoms with Crippen LogP contribution in [-0.2, 0) is 24.1 Å². The number of aryl methyl sites for hydroxylation is 1. The number of halogens is 4. The maximum Gasteiger partial charge on any atom is 0.418 e. The van der Waals surface area contributed by atoms with Gasteiger partial charge in [-0.25, -0.2) is 9.18 Å². The third-order valence-corrected chi connectivity index (χ3v) is 7.11. The van der Waals surface area contributed by atoms with E-state index in [4.69, 9.17) is 0 Å². The van der Waals surface area contributed by atoms with Crippen LogP contribution in [0.3, 0.4) is 0 Å². The molecule has 0 spiro atoms. The van der Waals surface area contributed by atoms with Crippen LogP contribution in [0.5, 0.6) is 0 Å². The molecule has 0 saturated heterocycles. The molecule has 0 radical (unpaired) electrons. The number of anilines is 1. The largest absolute Gasteiger partial charge is 0.418 e. The van der Waals surface area contributed by atoms with E-state index in [-0.39, 0.29) is 31.2 Å². The predicted molar refractivity (Wildman–Crippen MR) is 137 cm³/mol. The van der Waals surface area contributed by atoms with E-state index in [0.717, 1.165) is 16.5 Å². The van der Waals surface area contributed by atoms with Crippen LogP contribution in [0.1, 0.15) is 41.8 Å². The number of hydrogen-bond donors (Lipinski definition) is 1. The van der Waals surface area contributed by atoms with E-state index in [9.17, 15) is 27.2 Å². The highest BCUT2D eigenvalue weighted by Gasteiger charge is 2.34. The number of benzene rings is 2. The lowest BCUT2D eigenvalue weighted by Gasteiger charge is -2.31. The van der Waals surface area contributed by atoms with E-state index >= 15 is 0 Å². The molecule has 10 heteroatoms. The minimum atomic E-state index is -4.65. The van der Waals surface area contributed by atoms with Gasteiger partial charge >= 0.3 is 12.2 Å². The molecule has 3 aromatic rings. The molecule has 3 rings (SSSR count). The second kappa shape index (κ2) is 12.2. The molecule has 0 aliphatic carbocycles. The van der Waals surface area contributed by atoms with E-state index in [0.29, 0.717) is 12.0 Å². The molecule has 5 nitrogen and oxygen atoms in total. The van der Waals surface area contributed by atoms with Crippen LogP contribution in [0, 0.1) is 12.7 Å². The lowest BCUT2D eigenvalue weighted by molar-refractivity contribution is -0.137. The SMILES string of the molecule is CCC(C)N(CC(=O)N(Cc1ccc(F)cc1)Cc1sccc1C)C(=O)Nc1ccccc1C(F)(F)F. The van der Waals surface area contributed by atoms with E-state index in [2.05, 4.69) is 5.32 Å². The number of nitrogens with one attached hydrogen (secondary N) is 1. The number of carbonyl (C=O) groups is 2. The molecule has 0 aliphatic rings. The van der Waals surface area contributed by atoms with Gasteiger partial charge in [0.05, 0.1) is 17.8 Å². The van der Waals surface area contributed by atoms with Crippen LogP contribution in [0.2, 0.25) is 0 Å². The van der Waals surface area contributed by atoms with Crippen LogP contribution in [0.25, 0.3) is 0 Å². The van der Waals surface area contributed by atoms with Gasteiger partial charge in [0, 0.05) is 17.5 Å². The van der Waals surface area contributed by atoms with Gasteiger partial charge < -0.3 is 15.1 Å². The van der Waals surface area contributed by atoms with Gasteiger partial charge in [-0.2, -0.15) is 13.2 Å². The molecular formula is C27H29F4N3O2S. The maximum atomic E-state index is 13.5. The summed E-state index contributed by atoms with van der Waals surface area (Å²) in [4.78, 5) is 30.5. The molecule has 1 N–H and O–H groups in total. The second-order valence-electron chi connectivity index (χ2n) is 8.76. The van der Waals surface area contributed by atoms with Gasteiger partial charge in [-0.15, -0.1) is 11.3 Å². The van der Waals surface area contributed by atoms with E-state index in [1.165, 1.54) is 46.6 Å².